The van der Waals surface area contributed by atoms with Crippen molar-refractivity contribution in [1.82, 2.24) is 14.9 Å². The zero-order valence-corrected chi connectivity index (χ0v) is 11.5. The van der Waals surface area contributed by atoms with Crippen molar-refractivity contribution in [1.29, 1.82) is 0 Å². The van der Waals surface area contributed by atoms with Crippen molar-refractivity contribution in [2.24, 2.45) is 0 Å². The van der Waals surface area contributed by atoms with E-state index in [0.717, 1.165) is 9.13 Å². The lowest BCUT2D eigenvalue weighted by Crippen LogP contribution is -2.27. The summed E-state index contributed by atoms with van der Waals surface area (Å²) in [5.74, 6) is 0.271. The molecule has 1 aromatic heterocycles. The number of H-pyrrole nitrogens is 1. The van der Waals surface area contributed by atoms with Crippen LogP contribution in [0.4, 0.5) is 0 Å². The van der Waals surface area contributed by atoms with Crippen molar-refractivity contribution < 1.29 is 4.79 Å². The lowest BCUT2D eigenvalue weighted by atomic mass is 10.2. The zero-order chi connectivity index (χ0) is 12.3. The lowest BCUT2D eigenvalue weighted by molar-refractivity contribution is 0.0774. The first-order chi connectivity index (χ1) is 8.18. The van der Waals surface area contributed by atoms with Crippen LogP contribution in [0.5, 0.6) is 0 Å². The van der Waals surface area contributed by atoms with Crippen LogP contribution in [0, 0.1) is 3.57 Å². The van der Waals surface area contributed by atoms with E-state index in [9.17, 15) is 4.79 Å². The largest absolute Gasteiger partial charge is 0.341 e. The molecule has 1 N–H and O–H groups in total. The van der Waals surface area contributed by atoms with Gasteiger partial charge in [0.25, 0.3) is 5.91 Å². The predicted molar refractivity (Wildman–Crippen MR) is 73.5 cm³/mol. The van der Waals surface area contributed by atoms with Crippen LogP contribution in [0.3, 0.4) is 0 Å². The highest BCUT2D eigenvalue weighted by atomic mass is 127. The monoisotopic (exact) mass is 341 g/mol. The number of hydrogen-bond donors (Lipinski definition) is 1. The summed E-state index contributed by atoms with van der Waals surface area (Å²) in [5.41, 5.74) is 1.13. The van der Waals surface area contributed by atoms with Gasteiger partial charge in [0.15, 0.2) is 5.82 Å². The van der Waals surface area contributed by atoms with Crippen LogP contribution in [-0.4, -0.2) is 27.8 Å². The predicted octanol–water partition coefficient (Wildman–Crippen LogP) is 2.29. The molecule has 1 heterocycles. The third-order valence-electron chi connectivity index (χ3n) is 2.41. The molecule has 0 spiro atoms. The Balaban J connectivity index is 2.10. The van der Waals surface area contributed by atoms with Gasteiger partial charge in [-0.2, -0.15) is 0 Å². The summed E-state index contributed by atoms with van der Waals surface area (Å²) in [7, 11) is 1.77. The van der Waals surface area contributed by atoms with Crippen LogP contribution < -0.4 is 0 Å². The number of aromatic amines is 1. The van der Waals surface area contributed by atoms with Gasteiger partial charge in [-0.1, -0.05) is 18.2 Å². The van der Waals surface area contributed by atoms with E-state index in [1.165, 1.54) is 0 Å². The van der Waals surface area contributed by atoms with Crippen molar-refractivity contribution >= 4 is 28.5 Å². The van der Waals surface area contributed by atoms with Crippen molar-refractivity contribution in [2.45, 2.75) is 6.54 Å². The fourth-order valence-corrected chi connectivity index (χ4v) is 2.07. The summed E-state index contributed by atoms with van der Waals surface area (Å²) in [6, 6.07) is 8.01. The van der Waals surface area contributed by atoms with Crippen molar-refractivity contribution in [3.05, 3.63) is 51.6 Å². The Morgan fingerprint density at radius 1 is 1.47 bits per heavy atom. The van der Waals surface area contributed by atoms with E-state index in [2.05, 4.69) is 32.6 Å². The third kappa shape index (κ3) is 2.85. The highest BCUT2D eigenvalue weighted by Crippen LogP contribution is 2.13. The number of carbonyl (C=O) groups is 1. The lowest BCUT2D eigenvalue weighted by Gasteiger charge is -2.16. The maximum atomic E-state index is 12.0. The van der Waals surface area contributed by atoms with E-state index >= 15 is 0 Å². The molecule has 1 aromatic carbocycles. The van der Waals surface area contributed by atoms with Gasteiger partial charge in [0, 0.05) is 29.6 Å². The number of halogens is 1. The average molecular weight is 341 g/mol. The van der Waals surface area contributed by atoms with Gasteiger partial charge in [-0.05, 0) is 34.2 Å². The number of nitrogens with one attached hydrogen (secondary N) is 1. The van der Waals surface area contributed by atoms with Gasteiger partial charge in [0.1, 0.15) is 0 Å². The standard InChI is InChI=1S/C12H12IN3O/c1-16(12(17)11-14-6-7-15-11)8-9-4-2-3-5-10(9)13/h2-7H,8H2,1H3,(H,14,15). The minimum atomic E-state index is -0.102. The molecule has 1 amide bonds. The van der Waals surface area contributed by atoms with Crippen molar-refractivity contribution in [2.75, 3.05) is 7.05 Å². The second kappa shape index (κ2) is 5.31. The maximum Gasteiger partial charge on any atom is 0.289 e. The first-order valence-corrected chi connectivity index (χ1v) is 6.24. The highest BCUT2D eigenvalue weighted by molar-refractivity contribution is 14.1. The summed E-state index contributed by atoms with van der Waals surface area (Å²) >= 11 is 2.27. The Labute approximate surface area is 113 Å². The van der Waals surface area contributed by atoms with Crippen LogP contribution in [0.2, 0.25) is 0 Å². The SMILES string of the molecule is CN(Cc1ccccc1I)C(=O)c1ncc[nH]1. The molecule has 2 rings (SSSR count). The molecule has 88 valence electrons. The van der Waals surface area contributed by atoms with E-state index in [4.69, 9.17) is 0 Å². The van der Waals surface area contributed by atoms with Gasteiger partial charge in [-0.15, -0.1) is 0 Å². The molecular weight excluding hydrogens is 329 g/mol. The first kappa shape index (κ1) is 12.1. The molecule has 0 bridgehead atoms. The number of benzene rings is 1. The Bertz CT molecular complexity index is 510. The number of carbonyl (C=O) groups excluding carboxylic acids is 1. The molecule has 0 aliphatic heterocycles. The van der Waals surface area contributed by atoms with Gasteiger partial charge in [0.2, 0.25) is 0 Å². The molecule has 0 unspecified atom stereocenters. The summed E-state index contributed by atoms with van der Waals surface area (Å²) in [5, 5.41) is 0. The summed E-state index contributed by atoms with van der Waals surface area (Å²) in [6.45, 7) is 0.582. The molecule has 4 nitrogen and oxygen atoms in total. The number of nitrogens with zero attached hydrogens (tertiary/aromatic N) is 2. The first-order valence-electron chi connectivity index (χ1n) is 5.16. The van der Waals surface area contributed by atoms with Crippen LogP contribution in [0.25, 0.3) is 0 Å². The van der Waals surface area contributed by atoms with E-state index in [1.54, 1.807) is 24.3 Å². The molecule has 0 saturated heterocycles. The van der Waals surface area contributed by atoms with Gasteiger partial charge in [-0.25, -0.2) is 4.98 Å². The number of amides is 1. The molecule has 17 heavy (non-hydrogen) atoms. The molecule has 0 aliphatic carbocycles. The second-order valence-electron chi connectivity index (χ2n) is 3.69. The summed E-state index contributed by atoms with van der Waals surface area (Å²) in [4.78, 5) is 20.4. The van der Waals surface area contributed by atoms with Gasteiger partial charge in [-0.3, -0.25) is 4.79 Å². The summed E-state index contributed by atoms with van der Waals surface area (Å²) in [6.07, 6.45) is 3.22. The number of aromatic nitrogens is 2. The van der Waals surface area contributed by atoms with Crippen LogP contribution >= 0.6 is 22.6 Å². The molecule has 0 radical (unpaired) electrons. The van der Waals surface area contributed by atoms with Crippen LogP contribution in [0.1, 0.15) is 16.2 Å². The molecular formula is C12H12IN3O. The van der Waals surface area contributed by atoms with Gasteiger partial charge >= 0.3 is 0 Å². The Morgan fingerprint density at radius 2 is 2.24 bits per heavy atom. The normalized spacial score (nSPS) is 10.2. The Hall–Kier alpha value is -1.37. The van der Waals surface area contributed by atoms with Crippen LogP contribution in [-0.2, 0) is 6.54 Å². The van der Waals surface area contributed by atoms with Gasteiger partial charge < -0.3 is 9.88 Å². The number of imidazole rings is 1. The Kier molecular flexibility index (Phi) is 3.78. The number of rotatable bonds is 3. The number of hydrogen-bond acceptors (Lipinski definition) is 2. The fraction of sp³-hybridized carbons (Fsp3) is 0.167. The average Bonchev–Trinajstić information content (AvgIpc) is 2.84. The quantitative estimate of drug-likeness (QED) is 0.871. The van der Waals surface area contributed by atoms with E-state index in [-0.39, 0.29) is 5.91 Å². The van der Waals surface area contributed by atoms with Crippen LogP contribution in [0.15, 0.2) is 36.7 Å². The molecule has 0 aliphatic rings. The van der Waals surface area contributed by atoms with Crippen molar-refractivity contribution in [3.8, 4) is 0 Å². The van der Waals surface area contributed by atoms with E-state index < -0.39 is 0 Å². The van der Waals surface area contributed by atoms with Crippen molar-refractivity contribution in [3.63, 3.8) is 0 Å². The molecule has 5 heteroatoms. The molecule has 0 fully saturated rings. The second-order valence-corrected chi connectivity index (χ2v) is 4.85. The smallest absolute Gasteiger partial charge is 0.289 e. The molecule has 2 aromatic rings. The molecule has 0 saturated carbocycles. The maximum absolute atomic E-state index is 12.0. The minimum Gasteiger partial charge on any atom is -0.341 e. The van der Waals surface area contributed by atoms with Gasteiger partial charge in [0.05, 0.1) is 0 Å². The summed E-state index contributed by atoms with van der Waals surface area (Å²) < 4.78 is 1.16. The zero-order valence-electron chi connectivity index (χ0n) is 9.35. The third-order valence-corrected chi connectivity index (χ3v) is 3.47. The minimum absolute atomic E-state index is 0.102. The molecule has 0 atom stereocenters. The van der Waals surface area contributed by atoms with E-state index in [1.807, 2.05) is 24.3 Å². The topological polar surface area (TPSA) is 49.0 Å². The highest BCUT2D eigenvalue weighted by Gasteiger charge is 2.14. The Morgan fingerprint density at radius 3 is 2.88 bits per heavy atom. The fourth-order valence-electron chi connectivity index (χ4n) is 1.52. The van der Waals surface area contributed by atoms with E-state index in [0.29, 0.717) is 12.4 Å².